The second-order valence-corrected chi connectivity index (χ2v) is 5.15. The van der Waals surface area contributed by atoms with Gasteiger partial charge in [0.1, 0.15) is 0 Å². The molecule has 1 saturated heterocycles. The third-order valence-electron chi connectivity index (χ3n) is 3.87. The molecule has 1 aliphatic rings. The Kier molecular flexibility index (Phi) is 4.19. The molecule has 94 valence electrons. The summed E-state index contributed by atoms with van der Waals surface area (Å²) >= 11 is 0. The van der Waals surface area contributed by atoms with Crippen molar-refractivity contribution in [2.24, 2.45) is 5.92 Å². The molecule has 2 atom stereocenters. The topological polar surface area (TPSA) is 21.3 Å². The van der Waals surface area contributed by atoms with Crippen LogP contribution in [0.1, 0.15) is 35.6 Å². The van der Waals surface area contributed by atoms with Crippen molar-refractivity contribution in [1.82, 2.24) is 5.32 Å². The first-order chi connectivity index (χ1) is 8.20. The Hall–Kier alpha value is -0.860. The van der Waals surface area contributed by atoms with E-state index in [0.29, 0.717) is 12.0 Å². The molecule has 1 aromatic rings. The van der Waals surface area contributed by atoms with Gasteiger partial charge in [0.05, 0.1) is 0 Å². The molecule has 0 spiro atoms. The number of hydrogen-bond donors (Lipinski definition) is 1. The lowest BCUT2D eigenvalue weighted by Crippen LogP contribution is -2.20. The summed E-state index contributed by atoms with van der Waals surface area (Å²) in [5.74, 6) is 0.717. The fourth-order valence-electron chi connectivity index (χ4n) is 2.50. The molecular formula is C15H23NO. The summed E-state index contributed by atoms with van der Waals surface area (Å²) in [6, 6.07) is 7.24. The van der Waals surface area contributed by atoms with E-state index in [9.17, 15) is 0 Å². The standard InChI is InChI=1S/C15H23NO/c1-11-4-5-14(8-12(11)2)15(16-3)9-13-6-7-17-10-13/h4-5,8,13,15-16H,6-7,9-10H2,1-3H3. The van der Waals surface area contributed by atoms with Crippen molar-refractivity contribution in [3.05, 3.63) is 34.9 Å². The zero-order valence-electron chi connectivity index (χ0n) is 11.1. The van der Waals surface area contributed by atoms with Gasteiger partial charge in [0, 0.05) is 19.3 Å². The normalized spacial score (nSPS) is 21.7. The molecule has 2 rings (SSSR count). The second kappa shape index (κ2) is 5.65. The van der Waals surface area contributed by atoms with Crippen LogP contribution in [-0.2, 0) is 4.74 Å². The van der Waals surface area contributed by atoms with Crippen LogP contribution in [-0.4, -0.2) is 20.3 Å². The van der Waals surface area contributed by atoms with E-state index in [1.165, 1.54) is 29.5 Å². The van der Waals surface area contributed by atoms with Gasteiger partial charge in [-0.15, -0.1) is 0 Å². The van der Waals surface area contributed by atoms with Crippen LogP contribution in [0.5, 0.6) is 0 Å². The zero-order chi connectivity index (χ0) is 12.3. The molecule has 2 heteroatoms. The minimum Gasteiger partial charge on any atom is -0.381 e. The van der Waals surface area contributed by atoms with E-state index in [-0.39, 0.29) is 0 Å². The van der Waals surface area contributed by atoms with E-state index >= 15 is 0 Å². The van der Waals surface area contributed by atoms with E-state index in [1.807, 2.05) is 0 Å². The number of aryl methyl sites for hydroxylation is 2. The van der Waals surface area contributed by atoms with Crippen molar-refractivity contribution in [2.75, 3.05) is 20.3 Å². The first-order valence-electron chi connectivity index (χ1n) is 6.53. The summed E-state index contributed by atoms with van der Waals surface area (Å²) in [5, 5.41) is 3.44. The Bertz CT molecular complexity index is 369. The zero-order valence-corrected chi connectivity index (χ0v) is 11.1. The molecule has 1 N–H and O–H groups in total. The van der Waals surface area contributed by atoms with Gasteiger partial charge in [0.2, 0.25) is 0 Å². The van der Waals surface area contributed by atoms with Crippen LogP contribution in [0.4, 0.5) is 0 Å². The number of rotatable bonds is 4. The molecule has 0 bridgehead atoms. The van der Waals surface area contributed by atoms with Crippen LogP contribution in [0.15, 0.2) is 18.2 Å². The first-order valence-corrected chi connectivity index (χ1v) is 6.53. The lowest BCUT2D eigenvalue weighted by atomic mass is 9.92. The highest BCUT2D eigenvalue weighted by atomic mass is 16.5. The SMILES string of the molecule is CNC(CC1CCOC1)c1ccc(C)c(C)c1. The molecule has 0 aromatic heterocycles. The quantitative estimate of drug-likeness (QED) is 0.863. The molecule has 1 fully saturated rings. The molecular weight excluding hydrogens is 210 g/mol. The van der Waals surface area contributed by atoms with Crippen LogP contribution >= 0.6 is 0 Å². The van der Waals surface area contributed by atoms with E-state index in [1.54, 1.807) is 0 Å². The van der Waals surface area contributed by atoms with Crippen molar-refractivity contribution in [2.45, 2.75) is 32.7 Å². The van der Waals surface area contributed by atoms with Gasteiger partial charge >= 0.3 is 0 Å². The summed E-state index contributed by atoms with van der Waals surface area (Å²) in [4.78, 5) is 0. The fourth-order valence-corrected chi connectivity index (χ4v) is 2.50. The highest BCUT2D eigenvalue weighted by Crippen LogP contribution is 2.27. The smallest absolute Gasteiger partial charge is 0.0495 e. The van der Waals surface area contributed by atoms with Crippen LogP contribution in [0.25, 0.3) is 0 Å². The van der Waals surface area contributed by atoms with E-state index < -0.39 is 0 Å². The average Bonchev–Trinajstić information content (AvgIpc) is 2.82. The highest BCUT2D eigenvalue weighted by molar-refractivity contribution is 5.31. The third kappa shape index (κ3) is 3.08. The van der Waals surface area contributed by atoms with E-state index in [2.05, 4.69) is 44.4 Å². The van der Waals surface area contributed by atoms with Gasteiger partial charge in [-0.1, -0.05) is 18.2 Å². The van der Waals surface area contributed by atoms with Gasteiger partial charge in [-0.25, -0.2) is 0 Å². The molecule has 0 amide bonds. The van der Waals surface area contributed by atoms with Crippen LogP contribution < -0.4 is 5.32 Å². The number of nitrogens with one attached hydrogen (secondary N) is 1. The molecule has 1 aromatic carbocycles. The Balaban J connectivity index is 2.08. The second-order valence-electron chi connectivity index (χ2n) is 5.15. The predicted molar refractivity (Wildman–Crippen MR) is 71.3 cm³/mol. The monoisotopic (exact) mass is 233 g/mol. The van der Waals surface area contributed by atoms with Gasteiger partial charge in [-0.3, -0.25) is 0 Å². The van der Waals surface area contributed by atoms with Crippen LogP contribution in [0.2, 0.25) is 0 Å². The maximum atomic E-state index is 5.45. The Morgan fingerprint density at radius 2 is 2.18 bits per heavy atom. The van der Waals surface area contributed by atoms with Crippen molar-refractivity contribution >= 4 is 0 Å². The first kappa shape index (κ1) is 12.6. The van der Waals surface area contributed by atoms with Gasteiger partial charge in [-0.2, -0.15) is 0 Å². The third-order valence-corrected chi connectivity index (χ3v) is 3.87. The molecule has 17 heavy (non-hydrogen) atoms. The van der Waals surface area contributed by atoms with Crippen molar-refractivity contribution in [3.8, 4) is 0 Å². The van der Waals surface area contributed by atoms with Crippen LogP contribution in [0, 0.1) is 19.8 Å². The number of ether oxygens (including phenoxy) is 1. The van der Waals surface area contributed by atoms with Gasteiger partial charge in [0.25, 0.3) is 0 Å². The molecule has 1 aliphatic heterocycles. The molecule has 2 nitrogen and oxygen atoms in total. The maximum absolute atomic E-state index is 5.45. The van der Waals surface area contributed by atoms with Crippen molar-refractivity contribution in [3.63, 3.8) is 0 Å². The van der Waals surface area contributed by atoms with Crippen molar-refractivity contribution < 1.29 is 4.74 Å². The van der Waals surface area contributed by atoms with Gasteiger partial charge in [-0.05, 0) is 56.3 Å². The Morgan fingerprint density at radius 1 is 1.35 bits per heavy atom. The largest absolute Gasteiger partial charge is 0.381 e. The predicted octanol–water partition coefficient (Wildman–Crippen LogP) is 2.99. The maximum Gasteiger partial charge on any atom is 0.0495 e. The van der Waals surface area contributed by atoms with E-state index in [4.69, 9.17) is 4.74 Å². The summed E-state index contributed by atoms with van der Waals surface area (Å²) in [6.07, 6.45) is 2.39. The lowest BCUT2D eigenvalue weighted by Gasteiger charge is -2.20. The minimum absolute atomic E-state index is 0.459. The Labute approximate surface area is 104 Å². The lowest BCUT2D eigenvalue weighted by molar-refractivity contribution is 0.181. The summed E-state index contributed by atoms with van der Waals surface area (Å²) in [7, 11) is 2.05. The molecule has 0 radical (unpaired) electrons. The van der Waals surface area contributed by atoms with Crippen LogP contribution in [0.3, 0.4) is 0 Å². The Morgan fingerprint density at radius 3 is 2.76 bits per heavy atom. The highest BCUT2D eigenvalue weighted by Gasteiger charge is 2.21. The van der Waals surface area contributed by atoms with Gasteiger partial charge < -0.3 is 10.1 Å². The fraction of sp³-hybridized carbons (Fsp3) is 0.600. The van der Waals surface area contributed by atoms with E-state index in [0.717, 1.165) is 13.2 Å². The summed E-state index contributed by atoms with van der Waals surface area (Å²) < 4.78 is 5.45. The molecule has 1 heterocycles. The molecule has 2 unspecified atom stereocenters. The number of hydrogen-bond acceptors (Lipinski definition) is 2. The van der Waals surface area contributed by atoms with Gasteiger partial charge in [0.15, 0.2) is 0 Å². The average molecular weight is 233 g/mol. The molecule has 0 aliphatic carbocycles. The number of benzene rings is 1. The van der Waals surface area contributed by atoms with Crippen molar-refractivity contribution in [1.29, 1.82) is 0 Å². The summed E-state index contributed by atoms with van der Waals surface area (Å²) in [5.41, 5.74) is 4.15. The minimum atomic E-state index is 0.459. The summed E-state index contributed by atoms with van der Waals surface area (Å²) in [6.45, 7) is 6.22. The molecule has 0 saturated carbocycles.